The van der Waals surface area contributed by atoms with E-state index < -0.39 is 0 Å². The van der Waals surface area contributed by atoms with Gasteiger partial charge in [0.15, 0.2) is 0 Å². The third-order valence-corrected chi connectivity index (χ3v) is 3.42. The fraction of sp³-hybridized carbons (Fsp3) is 0.333. The number of hydrogen-bond acceptors (Lipinski definition) is 2. The Morgan fingerprint density at radius 3 is 2.90 bits per heavy atom. The van der Waals surface area contributed by atoms with Crippen LogP contribution in [0.3, 0.4) is 0 Å². The van der Waals surface area contributed by atoms with Crippen molar-refractivity contribution < 1.29 is 4.79 Å². The number of carbonyl (C=O) groups excluding carboxylic acids is 1. The summed E-state index contributed by atoms with van der Waals surface area (Å²) in [6.07, 6.45) is 2.66. The average Bonchev–Trinajstić information content (AvgIpc) is 3.23. The molecule has 1 heterocycles. The molecule has 0 saturated heterocycles. The number of aromatic amines is 1. The number of pyridine rings is 1. The molecule has 3 rings (SSSR count). The Balaban J connectivity index is 1.63. The van der Waals surface area contributed by atoms with E-state index in [2.05, 4.69) is 15.6 Å². The summed E-state index contributed by atoms with van der Waals surface area (Å²) < 4.78 is 0. The first-order valence-corrected chi connectivity index (χ1v) is 6.88. The molecule has 0 aliphatic heterocycles. The lowest BCUT2D eigenvalue weighted by atomic mass is 10.1. The van der Waals surface area contributed by atoms with E-state index in [1.807, 2.05) is 30.3 Å². The topological polar surface area (TPSA) is 74.0 Å². The van der Waals surface area contributed by atoms with Crippen LogP contribution >= 0.6 is 0 Å². The van der Waals surface area contributed by atoms with Crippen LogP contribution in [-0.2, 0) is 6.42 Å². The normalized spacial score (nSPS) is 14.2. The van der Waals surface area contributed by atoms with Crippen molar-refractivity contribution in [2.75, 3.05) is 6.54 Å². The fourth-order valence-electron chi connectivity index (χ4n) is 2.15. The standard InChI is InChI=1S/C15H17N3O2/c19-14-11(7-8-16-15(20)17-12-5-6-12)9-10-3-1-2-4-13(10)18-14/h1-4,9,12H,5-8H2,(H,18,19)(H2,16,17,20). The van der Waals surface area contributed by atoms with Crippen LogP contribution < -0.4 is 16.2 Å². The van der Waals surface area contributed by atoms with Gasteiger partial charge in [0, 0.05) is 23.7 Å². The van der Waals surface area contributed by atoms with Gasteiger partial charge in [-0.05, 0) is 36.8 Å². The van der Waals surface area contributed by atoms with E-state index in [1.165, 1.54) is 0 Å². The van der Waals surface area contributed by atoms with Crippen molar-refractivity contribution in [2.45, 2.75) is 25.3 Å². The second-order valence-corrected chi connectivity index (χ2v) is 5.14. The molecular formula is C15H17N3O2. The highest BCUT2D eigenvalue weighted by molar-refractivity contribution is 5.78. The highest BCUT2D eigenvalue weighted by atomic mass is 16.2. The van der Waals surface area contributed by atoms with Crippen LogP contribution in [0.2, 0.25) is 0 Å². The van der Waals surface area contributed by atoms with Crippen molar-refractivity contribution in [1.82, 2.24) is 15.6 Å². The molecule has 5 heteroatoms. The highest BCUT2D eigenvalue weighted by Gasteiger charge is 2.22. The number of fused-ring (bicyclic) bond motifs is 1. The molecule has 0 radical (unpaired) electrons. The maximum absolute atomic E-state index is 11.9. The molecule has 0 unspecified atom stereocenters. The summed E-state index contributed by atoms with van der Waals surface area (Å²) in [5.41, 5.74) is 1.43. The summed E-state index contributed by atoms with van der Waals surface area (Å²) in [6, 6.07) is 9.75. The summed E-state index contributed by atoms with van der Waals surface area (Å²) >= 11 is 0. The Kier molecular flexibility index (Phi) is 3.41. The molecule has 2 amide bonds. The zero-order valence-corrected chi connectivity index (χ0v) is 11.1. The monoisotopic (exact) mass is 271 g/mol. The number of H-pyrrole nitrogens is 1. The molecule has 104 valence electrons. The molecule has 5 nitrogen and oxygen atoms in total. The van der Waals surface area contributed by atoms with E-state index in [1.54, 1.807) is 0 Å². The quantitative estimate of drug-likeness (QED) is 0.789. The van der Waals surface area contributed by atoms with Crippen LogP contribution in [0.25, 0.3) is 10.9 Å². The molecule has 1 aromatic carbocycles. The van der Waals surface area contributed by atoms with Crippen molar-refractivity contribution in [3.8, 4) is 0 Å². The van der Waals surface area contributed by atoms with Gasteiger partial charge in [-0.2, -0.15) is 0 Å². The molecular weight excluding hydrogens is 254 g/mol. The zero-order chi connectivity index (χ0) is 13.9. The summed E-state index contributed by atoms with van der Waals surface area (Å²) in [4.78, 5) is 26.2. The minimum Gasteiger partial charge on any atom is -0.338 e. The highest BCUT2D eigenvalue weighted by Crippen LogP contribution is 2.18. The smallest absolute Gasteiger partial charge is 0.315 e. The summed E-state index contributed by atoms with van der Waals surface area (Å²) in [5.74, 6) is 0. The van der Waals surface area contributed by atoms with Crippen molar-refractivity contribution in [3.05, 3.63) is 46.2 Å². The van der Waals surface area contributed by atoms with Gasteiger partial charge >= 0.3 is 6.03 Å². The first-order chi connectivity index (χ1) is 9.72. The number of carbonyl (C=O) groups is 1. The third kappa shape index (κ3) is 2.99. The largest absolute Gasteiger partial charge is 0.338 e. The number of urea groups is 1. The summed E-state index contributed by atoms with van der Waals surface area (Å²) in [6.45, 7) is 0.458. The maximum atomic E-state index is 11.9. The molecule has 1 aromatic heterocycles. The van der Waals surface area contributed by atoms with Crippen LogP contribution in [-0.4, -0.2) is 23.6 Å². The Hall–Kier alpha value is -2.30. The van der Waals surface area contributed by atoms with Gasteiger partial charge in [-0.3, -0.25) is 4.79 Å². The lowest BCUT2D eigenvalue weighted by Crippen LogP contribution is -2.38. The van der Waals surface area contributed by atoms with Crippen molar-refractivity contribution >= 4 is 16.9 Å². The number of hydrogen-bond donors (Lipinski definition) is 3. The Bertz CT molecular complexity index is 689. The lowest BCUT2D eigenvalue weighted by molar-refractivity contribution is 0.240. The summed E-state index contributed by atoms with van der Waals surface area (Å²) in [5, 5.41) is 6.63. The van der Waals surface area contributed by atoms with Gasteiger partial charge in [-0.15, -0.1) is 0 Å². The van der Waals surface area contributed by atoms with E-state index >= 15 is 0 Å². The van der Waals surface area contributed by atoms with Crippen molar-refractivity contribution in [1.29, 1.82) is 0 Å². The van der Waals surface area contributed by atoms with Crippen LogP contribution in [0.5, 0.6) is 0 Å². The van der Waals surface area contributed by atoms with Gasteiger partial charge < -0.3 is 15.6 Å². The summed E-state index contributed by atoms with van der Waals surface area (Å²) in [7, 11) is 0. The molecule has 20 heavy (non-hydrogen) atoms. The van der Waals surface area contributed by atoms with Gasteiger partial charge in [-0.1, -0.05) is 18.2 Å². The second-order valence-electron chi connectivity index (χ2n) is 5.14. The number of aromatic nitrogens is 1. The molecule has 2 aromatic rings. The van der Waals surface area contributed by atoms with Gasteiger partial charge in [0.2, 0.25) is 0 Å². The molecule has 1 aliphatic carbocycles. The van der Waals surface area contributed by atoms with Crippen LogP contribution in [0.4, 0.5) is 4.79 Å². The fourth-order valence-corrected chi connectivity index (χ4v) is 2.15. The van der Waals surface area contributed by atoms with Gasteiger partial charge in [0.1, 0.15) is 0 Å². The van der Waals surface area contributed by atoms with Crippen LogP contribution in [0.1, 0.15) is 18.4 Å². The molecule has 1 saturated carbocycles. The van der Waals surface area contributed by atoms with Crippen molar-refractivity contribution in [3.63, 3.8) is 0 Å². The first-order valence-electron chi connectivity index (χ1n) is 6.88. The number of para-hydroxylation sites is 1. The first kappa shape index (κ1) is 12.7. The molecule has 0 spiro atoms. The third-order valence-electron chi connectivity index (χ3n) is 3.42. The maximum Gasteiger partial charge on any atom is 0.315 e. The molecule has 1 aliphatic rings. The number of benzene rings is 1. The minimum atomic E-state index is -0.148. The average molecular weight is 271 g/mol. The number of nitrogens with one attached hydrogen (secondary N) is 3. The minimum absolute atomic E-state index is 0.0897. The molecule has 3 N–H and O–H groups in total. The number of amides is 2. The van der Waals surface area contributed by atoms with Gasteiger partial charge in [0.05, 0.1) is 0 Å². The lowest BCUT2D eigenvalue weighted by Gasteiger charge is -2.07. The van der Waals surface area contributed by atoms with E-state index in [4.69, 9.17) is 0 Å². The Morgan fingerprint density at radius 2 is 2.10 bits per heavy atom. The second kappa shape index (κ2) is 5.36. The molecule has 0 atom stereocenters. The van der Waals surface area contributed by atoms with E-state index in [0.29, 0.717) is 24.6 Å². The zero-order valence-electron chi connectivity index (χ0n) is 11.1. The van der Waals surface area contributed by atoms with Gasteiger partial charge in [0.25, 0.3) is 5.56 Å². The van der Waals surface area contributed by atoms with Crippen molar-refractivity contribution in [2.24, 2.45) is 0 Å². The van der Waals surface area contributed by atoms with E-state index in [-0.39, 0.29) is 11.6 Å². The SMILES string of the molecule is O=C(NCCc1cc2ccccc2[nH]c1=O)NC1CC1. The predicted molar refractivity (Wildman–Crippen MR) is 77.8 cm³/mol. The predicted octanol–water partition coefficient (Wildman–Crippen LogP) is 1.53. The molecule has 1 fully saturated rings. The van der Waals surface area contributed by atoms with E-state index in [0.717, 1.165) is 23.7 Å². The van der Waals surface area contributed by atoms with E-state index in [9.17, 15) is 9.59 Å². The molecule has 0 bridgehead atoms. The van der Waals surface area contributed by atoms with Crippen LogP contribution in [0.15, 0.2) is 35.1 Å². The number of rotatable bonds is 4. The Morgan fingerprint density at radius 1 is 1.30 bits per heavy atom. The van der Waals surface area contributed by atoms with Gasteiger partial charge in [-0.25, -0.2) is 4.79 Å². The Labute approximate surface area is 116 Å². The van der Waals surface area contributed by atoms with Crippen LogP contribution in [0, 0.1) is 0 Å².